The van der Waals surface area contributed by atoms with E-state index in [2.05, 4.69) is 36.7 Å². The van der Waals surface area contributed by atoms with Gasteiger partial charge in [-0.25, -0.2) is 4.98 Å². The van der Waals surface area contributed by atoms with Crippen LogP contribution in [0.3, 0.4) is 0 Å². The largest absolute Gasteiger partial charge is 0.314 e. The monoisotopic (exact) mass is 232 g/mol. The lowest BCUT2D eigenvalue weighted by Gasteiger charge is -2.26. The Balaban J connectivity index is 1.63. The summed E-state index contributed by atoms with van der Waals surface area (Å²) in [6.45, 7) is 5.56. The molecule has 0 radical (unpaired) electrons. The Kier molecular flexibility index (Phi) is 2.98. The number of H-pyrrole nitrogens is 1. The van der Waals surface area contributed by atoms with Crippen LogP contribution in [-0.2, 0) is 6.42 Å². The van der Waals surface area contributed by atoms with Crippen molar-refractivity contribution in [3.05, 3.63) is 17.8 Å². The second kappa shape index (κ2) is 4.77. The van der Waals surface area contributed by atoms with Crippen LogP contribution in [0.5, 0.6) is 0 Å². The maximum absolute atomic E-state index is 4.27. The fourth-order valence-electron chi connectivity index (χ4n) is 2.14. The quantitative estimate of drug-likeness (QED) is 0.767. The lowest BCUT2D eigenvalue weighted by atomic mass is 10.2. The first kappa shape index (κ1) is 10.6. The summed E-state index contributed by atoms with van der Waals surface area (Å²) < 4.78 is 0. The molecular formula is C11H16N6. The van der Waals surface area contributed by atoms with Crippen molar-refractivity contribution in [2.45, 2.75) is 6.42 Å². The van der Waals surface area contributed by atoms with Gasteiger partial charge in [0.25, 0.3) is 0 Å². The summed E-state index contributed by atoms with van der Waals surface area (Å²) in [5.74, 6) is 0. The van der Waals surface area contributed by atoms with Gasteiger partial charge in [-0.1, -0.05) is 0 Å². The van der Waals surface area contributed by atoms with Gasteiger partial charge < -0.3 is 10.2 Å². The summed E-state index contributed by atoms with van der Waals surface area (Å²) in [6, 6.07) is 2.06. The summed E-state index contributed by atoms with van der Waals surface area (Å²) >= 11 is 0. The van der Waals surface area contributed by atoms with E-state index in [0.717, 1.165) is 44.7 Å². The predicted molar refractivity (Wildman–Crippen MR) is 64.7 cm³/mol. The van der Waals surface area contributed by atoms with Crippen molar-refractivity contribution >= 4 is 11.2 Å². The Morgan fingerprint density at radius 3 is 3.00 bits per heavy atom. The first-order valence-electron chi connectivity index (χ1n) is 6.00. The van der Waals surface area contributed by atoms with Gasteiger partial charge in [0.2, 0.25) is 5.65 Å². The summed E-state index contributed by atoms with van der Waals surface area (Å²) in [5.41, 5.74) is 2.77. The molecule has 3 rings (SSSR count). The van der Waals surface area contributed by atoms with Gasteiger partial charge in [-0.05, 0) is 18.1 Å². The zero-order chi connectivity index (χ0) is 11.5. The topological polar surface area (TPSA) is 69.7 Å². The Hall–Kier alpha value is -1.53. The number of fused-ring (bicyclic) bond motifs is 1. The first-order chi connectivity index (χ1) is 8.42. The normalized spacial score (nSPS) is 17.6. The highest BCUT2D eigenvalue weighted by atomic mass is 15.3. The number of rotatable bonds is 3. The average Bonchev–Trinajstić information content (AvgIpc) is 2.85. The molecule has 6 heteroatoms. The second-order valence-electron chi connectivity index (χ2n) is 4.35. The third kappa shape index (κ3) is 2.42. The highest BCUT2D eigenvalue weighted by Gasteiger charge is 2.09. The van der Waals surface area contributed by atoms with Crippen LogP contribution in [0.25, 0.3) is 11.2 Å². The Labute approximate surface area is 99.4 Å². The number of nitrogens with one attached hydrogen (secondary N) is 2. The van der Waals surface area contributed by atoms with Crippen LogP contribution in [0.15, 0.2) is 12.3 Å². The summed E-state index contributed by atoms with van der Waals surface area (Å²) in [7, 11) is 0. The molecule has 2 aromatic rings. The molecule has 0 atom stereocenters. The molecule has 0 saturated carbocycles. The van der Waals surface area contributed by atoms with Gasteiger partial charge in [0.05, 0.1) is 0 Å². The minimum atomic E-state index is 0.691. The highest BCUT2D eigenvalue weighted by molar-refractivity contribution is 5.68. The number of aromatic amines is 1. The van der Waals surface area contributed by atoms with Crippen molar-refractivity contribution in [1.82, 2.24) is 30.6 Å². The van der Waals surface area contributed by atoms with Crippen LogP contribution in [0, 0.1) is 0 Å². The molecule has 2 N–H and O–H groups in total. The molecule has 0 unspecified atom stereocenters. The van der Waals surface area contributed by atoms with Crippen LogP contribution in [-0.4, -0.2) is 58.0 Å². The number of hydrogen-bond acceptors (Lipinski definition) is 5. The van der Waals surface area contributed by atoms with Crippen LogP contribution in [0.1, 0.15) is 5.56 Å². The van der Waals surface area contributed by atoms with Crippen LogP contribution >= 0.6 is 0 Å². The van der Waals surface area contributed by atoms with E-state index in [1.165, 1.54) is 5.56 Å². The van der Waals surface area contributed by atoms with Gasteiger partial charge >= 0.3 is 0 Å². The number of piperazine rings is 1. The van der Waals surface area contributed by atoms with E-state index in [4.69, 9.17) is 0 Å². The number of nitrogens with zero attached hydrogens (tertiary/aromatic N) is 4. The van der Waals surface area contributed by atoms with Gasteiger partial charge in [0, 0.05) is 38.9 Å². The lowest BCUT2D eigenvalue weighted by molar-refractivity contribution is 0.244. The van der Waals surface area contributed by atoms with E-state index in [1.807, 2.05) is 6.20 Å². The van der Waals surface area contributed by atoms with Crippen molar-refractivity contribution in [3.63, 3.8) is 0 Å². The van der Waals surface area contributed by atoms with Crippen molar-refractivity contribution in [3.8, 4) is 0 Å². The second-order valence-corrected chi connectivity index (χ2v) is 4.35. The molecule has 17 heavy (non-hydrogen) atoms. The maximum Gasteiger partial charge on any atom is 0.201 e. The third-order valence-electron chi connectivity index (χ3n) is 3.16. The van der Waals surface area contributed by atoms with Crippen LogP contribution in [0.2, 0.25) is 0 Å². The Morgan fingerprint density at radius 2 is 2.12 bits per heavy atom. The molecule has 0 aliphatic carbocycles. The highest BCUT2D eigenvalue weighted by Crippen LogP contribution is 2.08. The smallest absolute Gasteiger partial charge is 0.201 e. The lowest BCUT2D eigenvalue weighted by Crippen LogP contribution is -2.44. The molecule has 1 fully saturated rings. The molecule has 1 aliphatic heterocycles. The summed E-state index contributed by atoms with van der Waals surface area (Å²) in [5, 5.41) is 13.9. The van der Waals surface area contributed by atoms with Crippen molar-refractivity contribution in [2.24, 2.45) is 0 Å². The molecule has 1 saturated heterocycles. The number of hydrogen-bond donors (Lipinski definition) is 2. The molecule has 0 amide bonds. The maximum atomic E-state index is 4.27. The predicted octanol–water partition coefficient (Wildman–Crippen LogP) is -0.199. The van der Waals surface area contributed by atoms with E-state index in [-0.39, 0.29) is 0 Å². The van der Waals surface area contributed by atoms with Crippen molar-refractivity contribution in [1.29, 1.82) is 0 Å². The van der Waals surface area contributed by atoms with Crippen molar-refractivity contribution in [2.75, 3.05) is 32.7 Å². The Morgan fingerprint density at radius 1 is 1.24 bits per heavy atom. The minimum absolute atomic E-state index is 0.691. The number of pyridine rings is 1. The van der Waals surface area contributed by atoms with Gasteiger partial charge in [0.1, 0.15) is 5.52 Å². The Bertz CT molecular complexity index is 487. The van der Waals surface area contributed by atoms with Gasteiger partial charge in [-0.2, -0.15) is 10.3 Å². The molecule has 2 aromatic heterocycles. The first-order valence-corrected chi connectivity index (χ1v) is 6.00. The molecular weight excluding hydrogens is 216 g/mol. The van der Waals surface area contributed by atoms with Gasteiger partial charge in [0.15, 0.2) is 0 Å². The number of aromatic nitrogens is 4. The molecule has 90 valence electrons. The van der Waals surface area contributed by atoms with E-state index in [9.17, 15) is 0 Å². The molecule has 6 nitrogen and oxygen atoms in total. The standard InChI is InChI=1S/C11H16N6/c1(4-17-5-2-12-3-6-17)9-7-10-11(13-8-9)15-16-14-10/h7-8,12H,1-6H2,(H,13,14,15,16). The van der Waals surface area contributed by atoms with E-state index < -0.39 is 0 Å². The zero-order valence-corrected chi connectivity index (χ0v) is 9.69. The third-order valence-corrected chi connectivity index (χ3v) is 3.16. The van der Waals surface area contributed by atoms with Crippen LogP contribution < -0.4 is 5.32 Å². The van der Waals surface area contributed by atoms with Crippen molar-refractivity contribution < 1.29 is 0 Å². The molecule has 0 aromatic carbocycles. The van der Waals surface area contributed by atoms with E-state index >= 15 is 0 Å². The fourth-order valence-corrected chi connectivity index (χ4v) is 2.14. The molecule has 1 aliphatic rings. The van der Waals surface area contributed by atoms with E-state index in [1.54, 1.807) is 0 Å². The van der Waals surface area contributed by atoms with E-state index in [0.29, 0.717) is 5.65 Å². The summed E-state index contributed by atoms with van der Waals surface area (Å²) in [6.07, 6.45) is 2.92. The molecule has 0 bridgehead atoms. The van der Waals surface area contributed by atoms with Gasteiger partial charge in [-0.3, -0.25) is 0 Å². The zero-order valence-electron chi connectivity index (χ0n) is 9.69. The summed E-state index contributed by atoms with van der Waals surface area (Å²) in [4.78, 5) is 6.74. The molecule has 3 heterocycles. The average molecular weight is 232 g/mol. The SMILES string of the molecule is c1nc2n[nH]nc2cc1CCN1CCNCC1. The minimum Gasteiger partial charge on any atom is -0.314 e. The fraction of sp³-hybridized carbons (Fsp3) is 0.545. The molecule has 0 spiro atoms. The van der Waals surface area contributed by atoms with Gasteiger partial charge in [-0.15, -0.1) is 5.10 Å². The van der Waals surface area contributed by atoms with Crippen LogP contribution in [0.4, 0.5) is 0 Å².